The molecule has 2 aromatic rings. The van der Waals surface area contributed by atoms with E-state index in [-0.39, 0.29) is 11.9 Å². The highest BCUT2D eigenvalue weighted by atomic mass is 35.5. The molecule has 6 heteroatoms. The molecule has 1 aromatic heterocycles. The Morgan fingerprint density at radius 2 is 2.09 bits per heavy atom. The summed E-state index contributed by atoms with van der Waals surface area (Å²) < 4.78 is 11.4. The molecule has 0 radical (unpaired) electrons. The lowest BCUT2D eigenvalue weighted by atomic mass is 10.0. The van der Waals surface area contributed by atoms with Crippen LogP contribution in [0.1, 0.15) is 34.1 Å². The number of carbonyl (C=O) groups is 1. The summed E-state index contributed by atoms with van der Waals surface area (Å²) in [6, 6.07) is 9.31. The number of likely N-dealkylation sites (tertiary alicyclic amines) is 1. The predicted molar refractivity (Wildman–Crippen MR) is 91.9 cm³/mol. The predicted octanol–water partition coefficient (Wildman–Crippen LogP) is 4.40. The third-order valence-corrected chi connectivity index (χ3v) is 5.32. The zero-order valence-corrected chi connectivity index (χ0v) is 14.6. The monoisotopic (exact) mass is 351 g/mol. The Bertz CT molecular complexity index is 716. The van der Waals surface area contributed by atoms with Crippen LogP contribution in [0.15, 0.2) is 30.3 Å². The van der Waals surface area contributed by atoms with Gasteiger partial charge in [-0.25, -0.2) is 0 Å². The summed E-state index contributed by atoms with van der Waals surface area (Å²) in [5.41, 5.74) is 1.02. The Morgan fingerprint density at radius 1 is 1.26 bits per heavy atom. The van der Waals surface area contributed by atoms with Crippen molar-refractivity contribution in [3.8, 4) is 11.5 Å². The van der Waals surface area contributed by atoms with E-state index in [9.17, 15) is 4.79 Å². The second-order valence-corrected chi connectivity index (χ2v) is 7.08. The van der Waals surface area contributed by atoms with Crippen LogP contribution in [0.4, 0.5) is 0 Å². The van der Waals surface area contributed by atoms with Crippen molar-refractivity contribution in [1.82, 2.24) is 4.90 Å². The average Bonchev–Trinajstić information content (AvgIpc) is 3.22. The van der Waals surface area contributed by atoms with Crippen LogP contribution >= 0.6 is 22.9 Å². The van der Waals surface area contributed by atoms with Gasteiger partial charge in [-0.3, -0.25) is 4.79 Å². The molecule has 122 valence electrons. The first kappa shape index (κ1) is 16.1. The highest BCUT2D eigenvalue weighted by Gasteiger charge is 2.33. The van der Waals surface area contributed by atoms with Gasteiger partial charge in [-0.2, -0.15) is 0 Å². The van der Waals surface area contributed by atoms with Crippen molar-refractivity contribution in [3.05, 3.63) is 45.1 Å². The summed E-state index contributed by atoms with van der Waals surface area (Å²) in [7, 11) is 3.26. The van der Waals surface area contributed by atoms with Crippen molar-refractivity contribution in [2.24, 2.45) is 0 Å². The van der Waals surface area contributed by atoms with Crippen molar-refractivity contribution < 1.29 is 14.3 Å². The number of benzene rings is 1. The lowest BCUT2D eigenvalue weighted by Gasteiger charge is -2.26. The highest BCUT2D eigenvalue weighted by Crippen LogP contribution is 2.40. The van der Waals surface area contributed by atoms with Gasteiger partial charge >= 0.3 is 0 Å². The number of halogens is 1. The van der Waals surface area contributed by atoms with Crippen molar-refractivity contribution >= 4 is 28.8 Å². The highest BCUT2D eigenvalue weighted by molar-refractivity contribution is 7.17. The number of ether oxygens (including phenoxy) is 2. The van der Waals surface area contributed by atoms with Gasteiger partial charge in [0.15, 0.2) is 0 Å². The molecule has 1 aliphatic rings. The van der Waals surface area contributed by atoms with Gasteiger partial charge in [0.25, 0.3) is 5.91 Å². The fourth-order valence-electron chi connectivity index (χ4n) is 3.00. The molecule has 1 amide bonds. The molecule has 1 fully saturated rings. The van der Waals surface area contributed by atoms with E-state index in [0.717, 1.165) is 36.4 Å². The summed E-state index contributed by atoms with van der Waals surface area (Å²) in [6.45, 7) is 0.744. The van der Waals surface area contributed by atoms with Gasteiger partial charge in [-0.1, -0.05) is 11.6 Å². The fourth-order valence-corrected chi connectivity index (χ4v) is 4.00. The Hall–Kier alpha value is -1.72. The third-order valence-electron chi connectivity index (χ3n) is 4.10. The molecule has 23 heavy (non-hydrogen) atoms. The summed E-state index contributed by atoms with van der Waals surface area (Å²) in [6.07, 6.45) is 1.90. The SMILES string of the molecule is COc1ccc(C2CCCN2C(=O)c2ccc(Cl)s2)c(OC)c1. The molecule has 1 aliphatic heterocycles. The van der Waals surface area contributed by atoms with Gasteiger partial charge in [0.2, 0.25) is 0 Å². The van der Waals surface area contributed by atoms with E-state index < -0.39 is 0 Å². The summed E-state index contributed by atoms with van der Waals surface area (Å²) in [5.74, 6) is 1.52. The first-order valence-corrected chi connectivity index (χ1v) is 8.61. The van der Waals surface area contributed by atoms with Crippen molar-refractivity contribution in [2.75, 3.05) is 20.8 Å². The number of amides is 1. The molecule has 2 heterocycles. The summed E-state index contributed by atoms with van der Waals surface area (Å²) in [5, 5.41) is 0. The first-order valence-electron chi connectivity index (χ1n) is 7.42. The summed E-state index contributed by atoms with van der Waals surface area (Å²) in [4.78, 5) is 15.4. The zero-order valence-electron chi connectivity index (χ0n) is 13.0. The lowest BCUT2D eigenvalue weighted by Crippen LogP contribution is -2.30. The van der Waals surface area contributed by atoms with Gasteiger partial charge in [0, 0.05) is 18.2 Å². The number of nitrogens with zero attached hydrogens (tertiary/aromatic N) is 1. The smallest absolute Gasteiger partial charge is 0.264 e. The number of carbonyl (C=O) groups excluding carboxylic acids is 1. The third kappa shape index (κ3) is 3.16. The maximum atomic E-state index is 12.8. The second-order valence-electron chi connectivity index (χ2n) is 5.37. The fraction of sp³-hybridized carbons (Fsp3) is 0.353. The zero-order chi connectivity index (χ0) is 16.4. The number of hydrogen-bond donors (Lipinski definition) is 0. The van der Waals surface area contributed by atoms with E-state index in [4.69, 9.17) is 21.1 Å². The molecule has 0 saturated carbocycles. The van der Waals surface area contributed by atoms with E-state index in [1.54, 1.807) is 26.4 Å². The molecule has 1 atom stereocenters. The van der Waals surface area contributed by atoms with Crippen LogP contribution in [0, 0.1) is 0 Å². The van der Waals surface area contributed by atoms with Crippen LogP contribution in [0.5, 0.6) is 11.5 Å². The standard InChI is InChI=1S/C17H18ClNO3S/c1-21-11-5-6-12(14(10-11)22-2)13-4-3-9-19(13)17(20)15-7-8-16(18)23-15/h5-8,10,13H,3-4,9H2,1-2H3. The number of thiophene rings is 1. The Morgan fingerprint density at radius 3 is 2.74 bits per heavy atom. The Labute approximate surface area is 144 Å². The van der Waals surface area contributed by atoms with Gasteiger partial charge in [-0.15, -0.1) is 11.3 Å². The Balaban J connectivity index is 1.91. The van der Waals surface area contributed by atoms with E-state index in [0.29, 0.717) is 9.21 Å². The van der Waals surface area contributed by atoms with Crippen LogP contribution in [-0.2, 0) is 0 Å². The van der Waals surface area contributed by atoms with Crippen LogP contribution in [-0.4, -0.2) is 31.6 Å². The molecule has 0 N–H and O–H groups in total. The lowest BCUT2D eigenvalue weighted by molar-refractivity contribution is 0.0739. The molecule has 1 aromatic carbocycles. The van der Waals surface area contributed by atoms with Gasteiger partial charge in [0.1, 0.15) is 11.5 Å². The minimum absolute atomic E-state index is 0.0178. The molecule has 0 aliphatic carbocycles. The van der Waals surface area contributed by atoms with Crippen molar-refractivity contribution in [3.63, 3.8) is 0 Å². The normalized spacial score (nSPS) is 17.3. The van der Waals surface area contributed by atoms with Gasteiger partial charge in [0.05, 0.1) is 29.5 Å². The number of rotatable bonds is 4. The number of hydrogen-bond acceptors (Lipinski definition) is 4. The van der Waals surface area contributed by atoms with Crippen LogP contribution in [0.3, 0.4) is 0 Å². The van der Waals surface area contributed by atoms with Crippen LogP contribution in [0.25, 0.3) is 0 Å². The molecular formula is C17H18ClNO3S. The van der Waals surface area contributed by atoms with Gasteiger partial charge in [-0.05, 0) is 37.1 Å². The molecule has 0 bridgehead atoms. The average molecular weight is 352 g/mol. The van der Waals surface area contributed by atoms with E-state index in [2.05, 4.69) is 0 Å². The van der Waals surface area contributed by atoms with Gasteiger partial charge < -0.3 is 14.4 Å². The van der Waals surface area contributed by atoms with E-state index in [1.807, 2.05) is 23.1 Å². The molecule has 3 rings (SSSR count). The van der Waals surface area contributed by atoms with Crippen molar-refractivity contribution in [1.29, 1.82) is 0 Å². The van der Waals surface area contributed by atoms with E-state index >= 15 is 0 Å². The largest absolute Gasteiger partial charge is 0.497 e. The van der Waals surface area contributed by atoms with Crippen molar-refractivity contribution in [2.45, 2.75) is 18.9 Å². The molecule has 4 nitrogen and oxygen atoms in total. The Kier molecular flexibility index (Phi) is 4.78. The van der Waals surface area contributed by atoms with E-state index in [1.165, 1.54) is 11.3 Å². The second kappa shape index (κ2) is 6.81. The maximum absolute atomic E-state index is 12.8. The number of methoxy groups -OCH3 is 2. The molecule has 0 spiro atoms. The molecule has 1 unspecified atom stereocenters. The maximum Gasteiger partial charge on any atom is 0.264 e. The molecular weight excluding hydrogens is 334 g/mol. The molecule has 1 saturated heterocycles. The topological polar surface area (TPSA) is 38.8 Å². The minimum Gasteiger partial charge on any atom is -0.497 e. The van der Waals surface area contributed by atoms with Crippen LogP contribution < -0.4 is 9.47 Å². The van der Waals surface area contributed by atoms with Crippen LogP contribution in [0.2, 0.25) is 4.34 Å². The minimum atomic E-state index is 0.0178. The summed E-state index contributed by atoms with van der Waals surface area (Å²) >= 11 is 7.28. The quantitative estimate of drug-likeness (QED) is 0.819. The first-order chi connectivity index (χ1) is 11.1.